The molecule has 2 atom stereocenters. The van der Waals surface area contributed by atoms with Gasteiger partial charge in [-0.05, 0) is 158 Å². The first kappa shape index (κ1) is 49.9. The molecule has 79 heavy (non-hydrogen) atoms. The Morgan fingerprint density at radius 1 is 0.456 bits per heavy atom. The number of anilines is 8. The number of benzene rings is 9. The number of thiophene rings is 1. The van der Waals surface area contributed by atoms with E-state index in [0.29, 0.717) is 0 Å². The zero-order valence-corrected chi connectivity index (χ0v) is 48.9. The summed E-state index contributed by atoms with van der Waals surface area (Å²) in [5.41, 5.74) is 24.3. The molecule has 0 saturated heterocycles. The third kappa shape index (κ3) is 7.65. The van der Waals surface area contributed by atoms with Crippen molar-refractivity contribution in [3.05, 3.63) is 210 Å². The molecule has 0 bridgehead atoms. The predicted molar refractivity (Wildman–Crippen MR) is 343 cm³/mol. The molecule has 0 amide bonds. The lowest BCUT2D eigenvalue weighted by Crippen LogP contribution is -2.64. The molecule has 0 spiro atoms. The van der Waals surface area contributed by atoms with Crippen molar-refractivity contribution in [3.63, 3.8) is 0 Å². The van der Waals surface area contributed by atoms with Crippen molar-refractivity contribution in [2.75, 3.05) is 14.7 Å². The monoisotopic (exact) mass is 1050 g/mol. The van der Waals surface area contributed by atoms with Crippen LogP contribution in [-0.4, -0.2) is 12.3 Å². The molecular weight excluding hydrogens is 974 g/mol. The first-order valence-electron chi connectivity index (χ1n) is 29.0. The second-order valence-electron chi connectivity index (χ2n) is 26.9. The molecule has 4 heterocycles. The molecule has 2 unspecified atom stereocenters. The summed E-state index contributed by atoms with van der Waals surface area (Å²) in [4.78, 5) is 8.11. The smallest absolute Gasteiger partial charge is 0.252 e. The van der Waals surface area contributed by atoms with Gasteiger partial charge in [-0.3, -0.25) is 0 Å². The lowest BCUT2D eigenvalue weighted by Gasteiger charge is -2.53. The van der Waals surface area contributed by atoms with E-state index in [-0.39, 0.29) is 33.9 Å². The van der Waals surface area contributed by atoms with Crippen LogP contribution in [0.3, 0.4) is 0 Å². The maximum atomic E-state index is 2.90. The molecule has 4 aliphatic rings. The van der Waals surface area contributed by atoms with Crippen LogP contribution in [0.5, 0.6) is 0 Å². The highest BCUT2D eigenvalue weighted by Gasteiger charge is 2.61. The van der Waals surface area contributed by atoms with E-state index in [0.717, 1.165) is 23.5 Å². The van der Waals surface area contributed by atoms with Crippen molar-refractivity contribution in [1.29, 1.82) is 0 Å². The Kier molecular flexibility index (Phi) is 11.1. The molecule has 3 aliphatic heterocycles. The van der Waals surface area contributed by atoms with Gasteiger partial charge in [-0.1, -0.05) is 203 Å². The van der Waals surface area contributed by atoms with Crippen molar-refractivity contribution < 1.29 is 0 Å². The van der Waals surface area contributed by atoms with Gasteiger partial charge in [0.15, 0.2) is 0 Å². The summed E-state index contributed by atoms with van der Waals surface area (Å²) >= 11 is 1.89. The molecule has 1 saturated carbocycles. The van der Waals surface area contributed by atoms with Crippen molar-refractivity contribution in [3.8, 4) is 22.3 Å². The van der Waals surface area contributed by atoms with Crippen LogP contribution in [0.15, 0.2) is 188 Å². The third-order valence-electron chi connectivity index (χ3n) is 19.0. The minimum absolute atomic E-state index is 0.0155. The van der Waals surface area contributed by atoms with Gasteiger partial charge in [0.05, 0.1) is 11.2 Å². The second kappa shape index (κ2) is 17.6. The van der Waals surface area contributed by atoms with E-state index in [4.69, 9.17) is 0 Å². The van der Waals surface area contributed by atoms with Crippen LogP contribution in [0.4, 0.5) is 45.5 Å². The summed E-state index contributed by atoms with van der Waals surface area (Å²) in [5, 5.41) is 2.62. The first-order chi connectivity index (χ1) is 37.8. The number of fused-ring (bicyclic) bond motifs is 10. The lowest BCUT2D eigenvalue weighted by molar-refractivity contribution is 0.195. The second-order valence-corrected chi connectivity index (χ2v) is 28.0. The molecule has 1 aromatic heterocycles. The Balaban J connectivity index is 1.11. The summed E-state index contributed by atoms with van der Waals surface area (Å²) < 4.78 is 2.60. The van der Waals surface area contributed by atoms with Crippen LogP contribution in [0.1, 0.15) is 124 Å². The fraction of sp³-hybridized carbons (Fsp3) is 0.270. The van der Waals surface area contributed by atoms with E-state index < -0.39 is 0 Å². The maximum Gasteiger partial charge on any atom is 0.252 e. The number of hydrogen-bond acceptors (Lipinski definition) is 4. The van der Waals surface area contributed by atoms with Crippen LogP contribution in [0.2, 0.25) is 0 Å². The van der Waals surface area contributed by atoms with Gasteiger partial charge in [-0.15, -0.1) is 11.3 Å². The van der Waals surface area contributed by atoms with Gasteiger partial charge in [0.2, 0.25) is 0 Å². The van der Waals surface area contributed by atoms with Crippen molar-refractivity contribution in [2.24, 2.45) is 0 Å². The molecule has 1 aliphatic carbocycles. The first-order valence-corrected chi connectivity index (χ1v) is 29.8. The summed E-state index contributed by atoms with van der Waals surface area (Å²) in [6, 6.07) is 73.0. The van der Waals surface area contributed by atoms with Gasteiger partial charge in [0, 0.05) is 71.0 Å². The fourth-order valence-electron chi connectivity index (χ4n) is 14.4. The molecule has 9 aromatic carbocycles. The molecule has 3 nitrogen and oxygen atoms in total. The van der Waals surface area contributed by atoms with Gasteiger partial charge in [-0.25, -0.2) is 0 Å². The third-order valence-corrected chi connectivity index (χ3v) is 20.2. The van der Waals surface area contributed by atoms with Crippen molar-refractivity contribution >= 4 is 100 Å². The highest BCUT2D eigenvalue weighted by Crippen LogP contribution is 2.63. The Bertz CT molecular complexity index is 4080. The average Bonchev–Trinajstić information content (AvgIpc) is 3.00. The predicted octanol–water partition coefficient (Wildman–Crippen LogP) is 19.1. The average molecular weight is 1050 g/mol. The van der Waals surface area contributed by atoms with Crippen LogP contribution < -0.4 is 31.1 Å². The summed E-state index contributed by atoms with van der Waals surface area (Å²) in [5.74, 6) is 0. The quantitative estimate of drug-likeness (QED) is 0.154. The van der Waals surface area contributed by atoms with Gasteiger partial charge in [0.1, 0.15) is 0 Å². The molecule has 5 heteroatoms. The van der Waals surface area contributed by atoms with E-state index in [1.165, 1.54) is 123 Å². The summed E-state index contributed by atoms with van der Waals surface area (Å²) in [6.07, 6.45) is 4.80. The van der Waals surface area contributed by atoms with Crippen molar-refractivity contribution in [2.45, 2.75) is 129 Å². The van der Waals surface area contributed by atoms with Crippen LogP contribution >= 0.6 is 11.3 Å². The molecule has 0 N–H and O–H groups in total. The molecule has 392 valence electrons. The standard InChI is InChI=1S/C74H72BN3S/c1-70(2,3)50-28-31-53(32-29-50)76(55-33-35-57-56-26-18-19-27-66(56)79-67(57)46-55)54-34-36-60-63(45-54)77(62-37-30-51(71(4,5)6)42-58(62)48-24-16-13-17-25-48)64-40-49(47-22-14-12-15-23-47)41-65-68(64)75(60)61-44-52(72(7,8)9)43-59-69(61)78(65)74(11)39-21-20-38-73(59,74)10/h12-19,22-37,40-46H,20-21,38-39H2,1-11H3. The van der Waals surface area contributed by atoms with Gasteiger partial charge in [-0.2, -0.15) is 0 Å². The minimum atomic E-state index is -0.121. The Labute approximate surface area is 473 Å². The Hall–Kier alpha value is -7.34. The normalized spacial score (nSPS) is 18.4. The summed E-state index contributed by atoms with van der Waals surface area (Å²) in [7, 11) is 0. The number of hydrogen-bond donors (Lipinski definition) is 0. The highest BCUT2D eigenvalue weighted by molar-refractivity contribution is 7.25. The van der Waals surface area contributed by atoms with Crippen LogP contribution in [-0.2, 0) is 21.7 Å². The zero-order chi connectivity index (χ0) is 54.5. The molecular formula is C74H72BN3S. The van der Waals surface area contributed by atoms with Gasteiger partial charge >= 0.3 is 0 Å². The molecule has 10 aromatic rings. The van der Waals surface area contributed by atoms with Crippen LogP contribution in [0.25, 0.3) is 42.4 Å². The Morgan fingerprint density at radius 2 is 1.06 bits per heavy atom. The minimum Gasteiger partial charge on any atom is -0.335 e. The number of rotatable bonds is 6. The zero-order valence-electron chi connectivity index (χ0n) is 48.1. The largest absolute Gasteiger partial charge is 0.335 e. The van der Waals surface area contributed by atoms with E-state index >= 15 is 0 Å². The molecule has 1 fully saturated rings. The molecule has 14 rings (SSSR count). The highest BCUT2D eigenvalue weighted by atomic mass is 32.1. The van der Waals surface area contributed by atoms with Crippen molar-refractivity contribution in [1.82, 2.24) is 0 Å². The summed E-state index contributed by atoms with van der Waals surface area (Å²) in [6.45, 7) is 26.4. The topological polar surface area (TPSA) is 9.72 Å². The Morgan fingerprint density at radius 3 is 1.78 bits per heavy atom. The van der Waals surface area contributed by atoms with E-state index in [1.807, 2.05) is 11.3 Å². The van der Waals surface area contributed by atoms with Crippen LogP contribution in [0, 0.1) is 0 Å². The lowest BCUT2D eigenvalue weighted by atomic mass is 9.33. The van der Waals surface area contributed by atoms with Gasteiger partial charge in [0.25, 0.3) is 6.71 Å². The molecule has 0 radical (unpaired) electrons. The fourth-order valence-corrected chi connectivity index (χ4v) is 15.5. The number of nitrogens with zero attached hydrogens (tertiary/aromatic N) is 3. The van der Waals surface area contributed by atoms with E-state index in [2.05, 4.69) is 279 Å². The van der Waals surface area contributed by atoms with Gasteiger partial charge < -0.3 is 14.7 Å². The van der Waals surface area contributed by atoms with E-state index in [9.17, 15) is 0 Å². The maximum absolute atomic E-state index is 2.90. The SMILES string of the molecule is CC(C)(C)c1ccc(N(c2ccc3c(c2)N(c2ccc(C(C)(C)C)cc2-c2ccccc2)c2cc(-c4ccccc4)cc4c2B3c2cc(C(C)(C)C)cc3c2N4C2(C)CCCCC32C)c2ccc3c(c2)sc2ccccc23)cc1. The van der Waals surface area contributed by atoms with E-state index in [1.54, 1.807) is 5.56 Å².